The molecule has 3 heteroatoms. The van der Waals surface area contributed by atoms with Gasteiger partial charge < -0.3 is 10.2 Å². The molecule has 0 spiro atoms. The van der Waals surface area contributed by atoms with Crippen LogP contribution in [0.5, 0.6) is 0 Å². The van der Waals surface area contributed by atoms with E-state index in [0.717, 1.165) is 32.4 Å². The Morgan fingerprint density at radius 3 is 2.93 bits per heavy atom. The highest BCUT2D eigenvalue weighted by Crippen LogP contribution is 2.10. The Labute approximate surface area is 92.2 Å². The molecular formula is C12H20N2O. The van der Waals surface area contributed by atoms with E-state index in [4.69, 9.17) is 6.42 Å². The van der Waals surface area contributed by atoms with E-state index in [0.29, 0.717) is 6.54 Å². The first-order valence-electron chi connectivity index (χ1n) is 5.75. The number of carbonyl (C=O) groups excluding carboxylic acids is 1. The fraction of sp³-hybridized carbons (Fsp3) is 0.750. The number of nitrogens with zero attached hydrogens (tertiary/aromatic N) is 1. The lowest BCUT2D eigenvalue weighted by Crippen LogP contribution is -2.48. The molecule has 84 valence electrons. The van der Waals surface area contributed by atoms with Crippen LogP contribution >= 0.6 is 0 Å². The maximum Gasteiger partial charge on any atom is 0.240 e. The molecule has 1 saturated heterocycles. The van der Waals surface area contributed by atoms with Crippen LogP contribution in [0.1, 0.15) is 32.6 Å². The number of rotatable bonds is 4. The van der Waals surface area contributed by atoms with Crippen LogP contribution in [0.2, 0.25) is 0 Å². The van der Waals surface area contributed by atoms with Gasteiger partial charge in [0.25, 0.3) is 0 Å². The molecule has 0 unspecified atom stereocenters. The molecule has 1 N–H and O–H groups in total. The Hall–Kier alpha value is -1.01. The van der Waals surface area contributed by atoms with Crippen molar-refractivity contribution in [2.24, 2.45) is 0 Å². The molecule has 0 aromatic carbocycles. The number of carbonyl (C=O) groups is 1. The normalized spacial score (nSPS) is 20.7. The molecule has 15 heavy (non-hydrogen) atoms. The molecule has 1 atom stereocenters. The summed E-state index contributed by atoms with van der Waals surface area (Å²) >= 11 is 0. The molecule has 1 aliphatic rings. The molecule has 1 aliphatic heterocycles. The molecule has 1 fully saturated rings. The first-order valence-corrected chi connectivity index (χ1v) is 5.75. The number of nitrogens with one attached hydrogen (secondary N) is 1. The van der Waals surface area contributed by atoms with E-state index in [-0.39, 0.29) is 11.9 Å². The van der Waals surface area contributed by atoms with Gasteiger partial charge in [0.1, 0.15) is 0 Å². The van der Waals surface area contributed by atoms with E-state index in [2.05, 4.69) is 18.2 Å². The Kier molecular flexibility index (Phi) is 5.20. The fourth-order valence-electron chi connectivity index (χ4n) is 1.93. The van der Waals surface area contributed by atoms with Crippen LogP contribution < -0.4 is 5.32 Å². The van der Waals surface area contributed by atoms with Crippen molar-refractivity contribution < 1.29 is 4.79 Å². The standard InChI is InChI=1S/C12H20N2O/c1-3-9-14(10-4-2)12(15)11-7-5-6-8-13-11/h1,11,13H,4-10H2,2H3/t11-/m1/s1. The predicted molar refractivity (Wildman–Crippen MR) is 61.3 cm³/mol. The quantitative estimate of drug-likeness (QED) is 0.699. The molecule has 0 aromatic heterocycles. The summed E-state index contributed by atoms with van der Waals surface area (Å²) in [6.07, 6.45) is 9.48. The van der Waals surface area contributed by atoms with Gasteiger partial charge in [0, 0.05) is 6.54 Å². The topological polar surface area (TPSA) is 32.3 Å². The SMILES string of the molecule is C#CCN(CCC)C(=O)[C@H]1CCCCN1. The van der Waals surface area contributed by atoms with Gasteiger partial charge in [0.05, 0.1) is 12.6 Å². The van der Waals surface area contributed by atoms with Crippen LogP contribution in [0.4, 0.5) is 0 Å². The van der Waals surface area contributed by atoms with E-state index in [1.807, 2.05) is 0 Å². The minimum atomic E-state index is -0.00125. The predicted octanol–water partition coefficient (Wildman–Crippen LogP) is 1.00. The lowest BCUT2D eigenvalue weighted by atomic mass is 10.0. The number of hydrogen-bond donors (Lipinski definition) is 1. The number of amides is 1. The Morgan fingerprint density at radius 1 is 1.60 bits per heavy atom. The summed E-state index contributed by atoms with van der Waals surface area (Å²) in [7, 11) is 0. The van der Waals surface area contributed by atoms with E-state index >= 15 is 0 Å². The highest BCUT2D eigenvalue weighted by atomic mass is 16.2. The van der Waals surface area contributed by atoms with Gasteiger partial charge in [-0.3, -0.25) is 4.79 Å². The van der Waals surface area contributed by atoms with Crippen LogP contribution in [0.15, 0.2) is 0 Å². The average molecular weight is 208 g/mol. The van der Waals surface area contributed by atoms with Crippen molar-refractivity contribution in [1.29, 1.82) is 0 Å². The summed E-state index contributed by atoms with van der Waals surface area (Å²) in [4.78, 5) is 13.8. The van der Waals surface area contributed by atoms with Gasteiger partial charge in [-0.15, -0.1) is 6.42 Å². The van der Waals surface area contributed by atoms with Crippen molar-refractivity contribution in [3.8, 4) is 12.3 Å². The zero-order valence-electron chi connectivity index (χ0n) is 9.46. The van der Waals surface area contributed by atoms with Crippen LogP contribution in [-0.2, 0) is 4.79 Å². The van der Waals surface area contributed by atoms with Gasteiger partial charge in [-0.05, 0) is 25.8 Å². The second kappa shape index (κ2) is 6.47. The molecule has 3 nitrogen and oxygen atoms in total. The Bertz CT molecular complexity index is 238. The maximum absolute atomic E-state index is 12.0. The van der Waals surface area contributed by atoms with Crippen LogP contribution in [0.3, 0.4) is 0 Å². The zero-order valence-corrected chi connectivity index (χ0v) is 9.46. The molecule has 0 radical (unpaired) electrons. The minimum Gasteiger partial charge on any atom is -0.330 e. The molecule has 1 rings (SSSR count). The van der Waals surface area contributed by atoms with Crippen molar-refractivity contribution in [2.75, 3.05) is 19.6 Å². The minimum absolute atomic E-state index is 0.00125. The smallest absolute Gasteiger partial charge is 0.240 e. The number of piperidine rings is 1. The monoisotopic (exact) mass is 208 g/mol. The lowest BCUT2D eigenvalue weighted by Gasteiger charge is -2.28. The van der Waals surface area contributed by atoms with Gasteiger partial charge in [0.2, 0.25) is 5.91 Å². The van der Waals surface area contributed by atoms with Crippen molar-refractivity contribution in [2.45, 2.75) is 38.6 Å². The second-order valence-corrected chi connectivity index (χ2v) is 3.97. The van der Waals surface area contributed by atoms with Crippen LogP contribution in [-0.4, -0.2) is 36.5 Å². The summed E-state index contributed by atoms with van der Waals surface area (Å²) in [5, 5.41) is 3.26. The molecule has 0 bridgehead atoms. The van der Waals surface area contributed by atoms with Gasteiger partial charge in [-0.25, -0.2) is 0 Å². The largest absolute Gasteiger partial charge is 0.330 e. The molecule has 0 aromatic rings. The summed E-state index contributed by atoms with van der Waals surface area (Å²) in [6, 6.07) is -0.00125. The summed E-state index contributed by atoms with van der Waals surface area (Å²) < 4.78 is 0. The first-order chi connectivity index (χ1) is 7.29. The first kappa shape index (κ1) is 12.1. The second-order valence-electron chi connectivity index (χ2n) is 3.97. The summed E-state index contributed by atoms with van der Waals surface area (Å²) in [5.41, 5.74) is 0. The fourth-order valence-corrected chi connectivity index (χ4v) is 1.93. The third-order valence-electron chi connectivity index (χ3n) is 2.70. The van der Waals surface area contributed by atoms with Crippen molar-refractivity contribution in [1.82, 2.24) is 10.2 Å². The van der Waals surface area contributed by atoms with Crippen molar-refractivity contribution >= 4 is 5.91 Å². The Morgan fingerprint density at radius 2 is 2.40 bits per heavy atom. The van der Waals surface area contributed by atoms with E-state index in [1.165, 1.54) is 6.42 Å². The highest BCUT2D eigenvalue weighted by Gasteiger charge is 2.24. The maximum atomic E-state index is 12.0. The third kappa shape index (κ3) is 3.56. The van der Waals surface area contributed by atoms with Gasteiger partial charge in [-0.2, -0.15) is 0 Å². The highest BCUT2D eigenvalue weighted by molar-refractivity contribution is 5.82. The number of hydrogen-bond acceptors (Lipinski definition) is 2. The molecular weight excluding hydrogens is 188 g/mol. The third-order valence-corrected chi connectivity index (χ3v) is 2.70. The van der Waals surface area contributed by atoms with E-state index < -0.39 is 0 Å². The number of terminal acetylenes is 1. The van der Waals surface area contributed by atoms with E-state index in [1.54, 1.807) is 4.90 Å². The average Bonchev–Trinajstić information content (AvgIpc) is 2.29. The molecule has 1 heterocycles. The van der Waals surface area contributed by atoms with E-state index in [9.17, 15) is 4.79 Å². The van der Waals surface area contributed by atoms with Crippen molar-refractivity contribution in [3.05, 3.63) is 0 Å². The molecule has 1 amide bonds. The summed E-state index contributed by atoms with van der Waals surface area (Å²) in [5.74, 6) is 2.73. The zero-order chi connectivity index (χ0) is 11.1. The van der Waals surface area contributed by atoms with Gasteiger partial charge in [0.15, 0.2) is 0 Å². The molecule has 0 aliphatic carbocycles. The molecule has 0 saturated carbocycles. The Balaban J connectivity index is 2.50. The van der Waals surface area contributed by atoms with Crippen LogP contribution in [0.25, 0.3) is 0 Å². The van der Waals surface area contributed by atoms with Crippen molar-refractivity contribution in [3.63, 3.8) is 0 Å². The van der Waals surface area contributed by atoms with Gasteiger partial charge >= 0.3 is 0 Å². The lowest BCUT2D eigenvalue weighted by molar-refractivity contribution is -0.133. The van der Waals surface area contributed by atoms with Gasteiger partial charge in [-0.1, -0.05) is 19.3 Å². The summed E-state index contributed by atoms with van der Waals surface area (Å²) in [6.45, 7) is 4.21. The van der Waals surface area contributed by atoms with Crippen LogP contribution in [0, 0.1) is 12.3 Å².